The zero-order valence-electron chi connectivity index (χ0n) is 11.9. The number of hydrogen-bond acceptors (Lipinski definition) is 4. The van der Waals surface area contributed by atoms with Gasteiger partial charge in [-0.3, -0.25) is 9.69 Å². The second-order valence-corrected chi connectivity index (χ2v) is 5.58. The van der Waals surface area contributed by atoms with Gasteiger partial charge in [0.2, 0.25) is 0 Å². The fraction of sp³-hybridized carbons (Fsp3) is 0.562. The minimum absolute atomic E-state index is 0.0819. The highest BCUT2D eigenvalue weighted by atomic mass is 16.5. The van der Waals surface area contributed by atoms with E-state index in [1.54, 1.807) is 0 Å². The maximum Gasteiger partial charge on any atom is 0.323 e. The number of carbonyl (C=O) groups excluding carboxylic acids is 1. The molecule has 1 saturated heterocycles. The van der Waals surface area contributed by atoms with Crippen molar-refractivity contribution in [2.75, 3.05) is 26.8 Å². The van der Waals surface area contributed by atoms with Gasteiger partial charge in [0, 0.05) is 18.0 Å². The van der Waals surface area contributed by atoms with Crippen LogP contribution in [-0.4, -0.2) is 43.7 Å². The first-order chi connectivity index (χ1) is 9.79. The fourth-order valence-corrected chi connectivity index (χ4v) is 3.28. The van der Waals surface area contributed by atoms with Crippen molar-refractivity contribution in [3.8, 4) is 5.75 Å². The predicted molar refractivity (Wildman–Crippen MR) is 75.9 cm³/mol. The van der Waals surface area contributed by atoms with Crippen molar-refractivity contribution in [2.24, 2.45) is 0 Å². The van der Waals surface area contributed by atoms with Crippen molar-refractivity contribution in [3.63, 3.8) is 0 Å². The Morgan fingerprint density at radius 3 is 3.10 bits per heavy atom. The maximum absolute atomic E-state index is 11.9. The first-order valence-electron chi connectivity index (χ1n) is 7.33. The van der Waals surface area contributed by atoms with Crippen LogP contribution < -0.4 is 4.74 Å². The van der Waals surface area contributed by atoms with Crippen molar-refractivity contribution < 1.29 is 14.3 Å². The lowest BCUT2D eigenvalue weighted by molar-refractivity contribution is -0.148. The molecule has 108 valence electrons. The van der Waals surface area contributed by atoms with Crippen LogP contribution in [0.1, 0.15) is 30.7 Å². The molecule has 2 atom stereocenters. The summed E-state index contributed by atoms with van der Waals surface area (Å²) in [5.41, 5.74) is 1.27. The Morgan fingerprint density at radius 1 is 1.40 bits per heavy atom. The van der Waals surface area contributed by atoms with Crippen LogP contribution in [0.2, 0.25) is 0 Å². The molecule has 0 bridgehead atoms. The number of benzene rings is 1. The van der Waals surface area contributed by atoms with Gasteiger partial charge in [0.1, 0.15) is 11.8 Å². The molecule has 0 N–H and O–H groups in total. The summed E-state index contributed by atoms with van der Waals surface area (Å²) in [5, 5.41) is 0. The molecule has 0 saturated carbocycles. The number of likely N-dealkylation sites (tertiary alicyclic amines) is 1. The normalized spacial score (nSPS) is 25.9. The summed E-state index contributed by atoms with van der Waals surface area (Å²) >= 11 is 0. The molecule has 2 aliphatic heterocycles. The lowest BCUT2D eigenvalue weighted by Crippen LogP contribution is -2.47. The lowest BCUT2D eigenvalue weighted by atomic mass is 9.96. The van der Waals surface area contributed by atoms with E-state index in [0.29, 0.717) is 12.5 Å². The van der Waals surface area contributed by atoms with Crippen molar-refractivity contribution in [1.82, 2.24) is 4.90 Å². The Bertz CT molecular complexity index is 488. The van der Waals surface area contributed by atoms with Gasteiger partial charge >= 0.3 is 5.97 Å². The van der Waals surface area contributed by atoms with Crippen LogP contribution in [0.25, 0.3) is 0 Å². The van der Waals surface area contributed by atoms with E-state index >= 15 is 0 Å². The van der Waals surface area contributed by atoms with Crippen LogP contribution in [0, 0.1) is 0 Å². The van der Waals surface area contributed by atoms with Crippen molar-refractivity contribution in [3.05, 3.63) is 29.8 Å². The Labute approximate surface area is 119 Å². The highest BCUT2D eigenvalue weighted by Crippen LogP contribution is 2.35. The summed E-state index contributed by atoms with van der Waals surface area (Å²) < 4.78 is 10.7. The molecule has 1 fully saturated rings. The number of esters is 1. The summed E-state index contributed by atoms with van der Waals surface area (Å²) in [6.45, 7) is 2.55. The van der Waals surface area contributed by atoms with E-state index in [2.05, 4.69) is 17.0 Å². The number of piperidine rings is 1. The van der Waals surface area contributed by atoms with E-state index in [0.717, 1.165) is 38.1 Å². The van der Waals surface area contributed by atoms with Gasteiger partial charge in [-0.15, -0.1) is 0 Å². The predicted octanol–water partition coefficient (Wildman–Crippen LogP) is 2.19. The summed E-state index contributed by atoms with van der Waals surface area (Å²) in [7, 11) is 1.48. The fourth-order valence-electron chi connectivity index (χ4n) is 3.28. The molecule has 20 heavy (non-hydrogen) atoms. The van der Waals surface area contributed by atoms with Crippen molar-refractivity contribution >= 4 is 5.97 Å². The monoisotopic (exact) mass is 275 g/mol. The highest BCUT2D eigenvalue weighted by Gasteiger charge is 2.33. The molecule has 2 aliphatic rings. The van der Waals surface area contributed by atoms with E-state index in [1.807, 2.05) is 12.1 Å². The van der Waals surface area contributed by atoms with Crippen LogP contribution in [0.15, 0.2) is 24.3 Å². The highest BCUT2D eigenvalue weighted by molar-refractivity contribution is 5.75. The smallest absolute Gasteiger partial charge is 0.323 e. The third kappa shape index (κ3) is 2.52. The SMILES string of the molecule is COC(=O)C1CCCCN1CC1COc2ccccc21. The molecule has 0 amide bonds. The Hall–Kier alpha value is -1.55. The minimum atomic E-state index is -0.100. The number of para-hydroxylation sites is 1. The van der Waals surface area contributed by atoms with Gasteiger partial charge in [0.25, 0.3) is 0 Å². The second kappa shape index (κ2) is 5.83. The molecule has 0 radical (unpaired) electrons. The van der Waals surface area contributed by atoms with Crippen LogP contribution in [0.3, 0.4) is 0 Å². The Morgan fingerprint density at radius 2 is 2.25 bits per heavy atom. The number of rotatable bonds is 3. The number of fused-ring (bicyclic) bond motifs is 1. The molecule has 4 nitrogen and oxygen atoms in total. The summed E-state index contributed by atoms with van der Waals surface area (Å²) in [6, 6.07) is 8.11. The quantitative estimate of drug-likeness (QED) is 0.793. The molecule has 3 rings (SSSR count). The zero-order valence-corrected chi connectivity index (χ0v) is 11.9. The molecule has 2 heterocycles. The first kappa shape index (κ1) is 13.4. The molecule has 1 aromatic rings. The largest absolute Gasteiger partial charge is 0.493 e. The third-order valence-corrected chi connectivity index (χ3v) is 4.34. The average molecular weight is 275 g/mol. The molecule has 0 spiro atoms. The van der Waals surface area contributed by atoms with E-state index in [-0.39, 0.29) is 12.0 Å². The van der Waals surface area contributed by atoms with E-state index in [4.69, 9.17) is 9.47 Å². The number of carbonyl (C=O) groups is 1. The van der Waals surface area contributed by atoms with E-state index in [1.165, 1.54) is 12.7 Å². The van der Waals surface area contributed by atoms with Gasteiger partial charge < -0.3 is 9.47 Å². The molecule has 2 unspecified atom stereocenters. The Kier molecular flexibility index (Phi) is 3.92. The average Bonchev–Trinajstić information content (AvgIpc) is 2.90. The van der Waals surface area contributed by atoms with Crippen LogP contribution in [0.4, 0.5) is 0 Å². The number of ether oxygens (including phenoxy) is 2. The first-order valence-corrected chi connectivity index (χ1v) is 7.33. The van der Waals surface area contributed by atoms with Crippen LogP contribution in [-0.2, 0) is 9.53 Å². The van der Waals surface area contributed by atoms with Crippen LogP contribution in [0.5, 0.6) is 5.75 Å². The minimum Gasteiger partial charge on any atom is -0.493 e. The summed E-state index contributed by atoms with van der Waals surface area (Å²) in [5.74, 6) is 1.25. The third-order valence-electron chi connectivity index (χ3n) is 4.34. The van der Waals surface area contributed by atoms with Gasteiger partial charge in [-0.1, -0.05) is 24.6 Å². The van der Waals surface area contributed by atoms with Gasteiger partial charge in [0.15, 0.2) is 0 Å². The summed E-state index contributed by atoms with van der Waals surface area (Å²) in [6.07, 6.45) is 3.17. The molecular formula is C16H21NO3. The number of hydrogen-bond donors (Lipinski definition) is 0. The van der Waals surface area contributed by atoms with Crippen molar-refractivity contribution in [2.45, 2.75) is 31.2 Å². The van der Waals surface area contributed by atoms with Gasteiger partial charge in [-0.05, 0) is 25.5 Å². The van der Waals surface area contributed by atoms with Gasteiger partial charge in [-0.2, -0.15) is 0 Å². The molecule has 4 heteroatoms. The number of nitrogens with zero attached hydrogens (tertiary/aromatic N) is 1. The zero-order chi connectivity index (χ0) is 13.9. The molecule has 0 aromatic heterocycles. The molecule has 1 aromatic carbocycles. The van der Waals surface area contributed by atoms with Crippen LogP contribution >= 0.6 is 0 Å². The lowest BCUT2D eigenvalue weighted by Gasteiger charge is -2.35. The topological polar surface area (TPSA) is 38.8 Å². The Balaban J connectivity index is 1.72. The van der Waals surface area contributed by atoms with E-state index in [9.17, 15) is 4.79 Å². The maximum atomic E-state index is 11.9. The number of methoxy groups -OCH3 is 1. The van der Waals surface area contributed by atoms with Crippen molar-refractivity contribution in [1.29, 1.82) is 0 Å². The van der Waals surface area contributed by atoms with Gasteiger partial charge in [-0.25, -0.2) is 0 Å². The molecular weight excluding hydrogens is 254 g/mol. The summed E-state index contributed by atoms with van der Waals surface area (Å²) in [4.78, 5) is 14.2. The van der Waals surface area contributed by atoms with E-state index < -0.39 is 0 Å². The second-order valence-electron chi connectivity index (χ2n) is 5.58. The molecule has 0 aliphatic carbocycles. The standard InChI is InChI=1S/C16H21NO3/c1-19-16(18)14-7-4-5-9-17(14)10-12-11-20-15-8-3-2-6-13(12)15/h2-3,6,8,12,14H,4-5,7,9-11H2,1H3. The van der Waals surface area contributed by atoms with Gasteiger partial charge in [0.05, 0.1) is 13.7 Å².